The maximum atomic E-state index is 12.0. The summed E-state index contributed by atoms with van der Waals surface area (Å²) in [6.07, 6.45) is 0. The summed E-state index contributed by atoms with van der Waals surface area (Å²) in [4.78, 5) is 11.3. The Balaban J connectivity index is 2.20. The second kappa shape index (κ2) is 8.47. The number of nitrogens with one attached hydrogen (secondary N) is 2. The molecule has 6 heteroatoms. The van der Waals surface area contributed by atoms with Crippen LogP contribution in [0, 0.1) is 5.92 Å². The van der Waals surface area contributed by atoms with Gasteiger partial charge in [-0.05, 0) is 17.7 Å². The molecular weight excluding hydrogens is 266 g/mol. The third kappa shape index (κ3) is 6.47. The average molecular weight is 286 g/mol. The molecule has 0 aliphatic heterocycles. The van der Waals surface area contributed by atoms with Crippen LogP contribution in [0.3, 0.4) is 0 Å². The molecule has 0 radical (unpaired) electrons. The monoisotopic (exact) mass is 286 g/mol. The Labute approximate surface area is 117 Å². The van der Waals surface area contributed by atoms with Gasteiger partial charge in [0.05, 0.1) is 0 Å². The molecule has 0 heterocycles. The highest BCUT2D eigenvalue weighted by atomic mass is 19.3. The fourth-order valence-corrected chi connectivity index (χ4v) is 1.50. The largest absolute Gasteiger partial charge is 0.435 e. The van der Waals surface area contributed by atoms with Gasteiger partial charge in [0.2, 0.25) is 5.91 Å². The third-order valence-electron chi connectivity index (χ3n) is 2.60. The highest BCUT2D eigenvalue weighted by Crippen LogP contribution is 2.14. The third-order valence-corrected chi connectivity index (χ3v) is 2.60. The van der Waals surface area contributed by atoms with E-state index in [4.69, 9.17) is 0 Å². The van der Waals surface area contributed by atoms with Crippen LogP contribution < -0.4 is 15.4 Å². The highest BCUT2D eigenvalue weighted by Gasteiger charge is 2.05. The SMILES string of the molecule is CC(C)C(=O)NCCNCc1ccc(OC(F)F)cc1. The van der Waals surface area contributed by atoms with Gasteiger partial charge in [0, 0.05) is 25.6 Å². The first-order valence-electron chi connectivity index (χ1n) is 6.51. The molecule has 1 aromatic rings. The first-order valence-corrected chi connectivity index (χ1v) is 6.51. The molecular formula is C14H20F2N2O2. The van der Waals surface area contributed by atoms with Gasteiger partial charge in [0.1, 0.15) is 5.75 Å². The van der Waals surface area contributed by atoms with E-state index in [9.17, 15) is 13.6 Å². The lowest BCUT2D eigenvalue weighted by Crippen LogP contribution is -2.34. The van der Waals surface area contributed by atoms with Crippen LogP contribution in [-0.2, 0) is 11.3 Å². The van der Waals surface area contributed by atoms with E-state index < -0.39 is 6.61 Å². The van der Waals surface area contributed by atoms with Crippen molar-refractivity contribution >= 4 is 5.91 Å². The summed E-state index contributed by atoms with van der Waals surface area (Å²) in [6, 6.07) is 6.45. The number of hydrogen-bond acceptors (Lipinski definition) is 3. The van der Waals surface area contributed by atoms with E-state index in [1.54, 1.807) is 12.1 Å². The number of rotatable bonds is 8. The maximum Gasteiger partial charge on any atom is 0.387 e. The molecule has 2 N–H and O–H groups in total. The van der Waals surface area contributed by atoms with Crippen LogP contribution in [0.2, 0.25) is 0 Å². The topological polar surface area (TPSA) is 50.4 Å². The first kappa shape index (κ1) is 16.4. The second-order valence-corrected chi connectivity index (χ2v) is 4.64. The summed E-state index contributed by atoms with van der Waals surface area (Å²) in [7, 11) is 0. The van der Waals surface area contributed by atoms with Gasteiger partial charge in [-0.2, -0.15) is 8.78 Å². The smallest absolute Gasteiger partial charge is 0.387 e. The number of amides is 1. The number of alkyl halides is 2. The lowest BCUT2D eigenvalue weighted by Gasteiger charge is -2.09. The number of carbonyl (C=O) groups excluding carboxylic acids is 1. The Hall–Kier alpha value is -1.69. The van der Waals surface area contributed by atoms with E-state index in [1.807, 2.05) is 13.8 Å². The zero-order valence-electron chi connectivity index (χ0n) is 11.7. The minimum atomic E-state index is -2.80. The molecule has 20 heavy (non-hydrogen) atoms. The lowest BCUT2D eigenvalue weighted by molar-refractivity contribution is -0.123. The summed E-state index contributed by atoms with van der Waals surface area (Å²) in [5, 5.41) is 5.95. The van der Waals surface area contributed by atoms with Gasteiger partial charge in [-0.25, -0.2) is 0 Å². The predicted octanol–water partition coefficient (Wildman–Crippen LogP) is 2.15. The van der Waals surface area contributed by atoms with Crippen molar-refractivity contribution in [2.45, 2.75) is 27.0 Å². The molecule has 0 saturated heterocycles. The molecule has 1 amide bonds. The second-order valence-electron chi connectivity index (χ2n) is 4.64. The van der Waals surface area contributed by atoms with Crippen molar-refractivity contribution < 1.29 is 18.3 Å². The van der Waals surface area contributed by atoms with Crippen LogP contribution in [0.25, 0.3) is 0 Å². The Morgan fingerprint density at radius 3 is 2.40 bits per heavy atom. The van der Waals surface area contributed by atoms with Crippen LogP contribution in [0.1, 0.15) is 19.4 Å². The number of carbonyl (C=O) groups is 1. The van der Waals surface area contributed by atoms with Crippen molar-refractivity contribution in [1.29, 1.82) is 0 Å². The minimum Gasteiger partial charge on any atom is -0.435 e. The molecule has 1 aromatic carbocycles. The highest BCUT2D eigenvalue weighted by molar-refractivity contribution is 5.77. The van der Waals surface area contributed by atoms with E-state index in [1.165, 1.54) is 12.1 Å². The zero-order chi connectivity index (χ0) is 15.0. The van der Waals surface area contributed by atoms with E-state index in [0.29, 0.717) is 19.6 Å². The molecule has 4 nitrogen and oxygen atoms in total. The first-order chi connectivity index (χ1) is 9.49. The van der Waals surface area contributed by atoms with Gasteiger partial charge in [0.25, 0.3) is 0 Å². The Morgan fingerprint density at radius 2 is 1.85 bits per heavy atom. The summed E-state index contributed by atoms with van der Waals surface area (Å²) < 4.78 is 28.2. The normalized spacial score (nSPS) is 10.9. The van der Waals surface area contributed by atoms with E-state index >= 15 is 0 Å². The molecule has 0 spiro atoms. The average Bonchev–Trinajstić information content (AvgIpc) is 2.39. The maximum absolute atomic E-state index is 12.0. The molecule has 112 valence electrons. The molecule has 0 fully saturated rings. The summed E-state index contributed by atoms with van der Waals surface area (Å²) in [5.41, 5.74) is 0.960. The quantitative estimate of drug-likeness (QED) is 0.720. The van der Waals surface area contributed by atoms with Crippen molar-refractivity contribution in [2.24, 2.45) is 5.92 Å². The van der Waals surface area contributed by atoms with Gasteiger partial charge >= 0.3 is 6.61 Å². The molecule has 0 aliphatic carbocycles. The molecule has 0 saturated carbocycles. The summed E-state index contributed by atoms with van der Waals surface area (Å²) in [5.74, 6) is 0.158. The van der Waals surface area contributed by atoms with Crippen molar-refractivity contribution in [3.05, 3.63) is 29.8 Å². The fourth-order valence-electron chi connectivity index (χ4n) is 1.50. The van der Waals surface area contributed by atoms with Crippen molar-refractivity contribution in [1.82, 2.24) is 10.6 Å². The summed E-state index contributed by atoms with van der Waals surface area (Å²) >= 11 is 0. The molecule has 0 bridgehead atoms. The number of ether oxygens (including phenoxy) is 1. The molecule has 1 rings (SSSR count). The number of halogens is 2. The van der Waals surface area contributed by atoms with Crippen LogP contribution in [-0.4, -0.2) is 25.6 Å². The summed E-state index contributed by atoms with van der Waals surface area (Å²) in [6.45, 7) is 2.69. The van der Waals surface area contributed by atoms with Crippen molar-refractivity contribution in [2.75, 3.05) is 13.1 Å². The van der Waals surface area contributed by atoms with Crippen molar-refractivity contribution in [3.63, 3.8) is 0 Å². The van der Waals surface area contributed by atoms with E-state index in [2.05, 4.69) is 15.4 Å². The van der Waals surface area contributed by atoms with Crippen molar-refractivity contribution in [3.8, 4) is 5.75 Å². The minimum absolute atomic E-state index is 0.0163. The van der Waals surface area contributed by atoms with Crippen LogP contribution in [0.4, 0.5) is 8.78 Å². The van der Waals surface area contributed by atoms with Gasteiger partial charge in [-0.1, -0.05) is 26.0 Å². The zero-order valence-corrected chi connectivity index (χ0v) is 11.7. The number of benzene rings is 1. The molecule has 0 aliphatic rings. The lowest BCUT2D eigenvalue weighted by atomic mass is 10.2. The molecule has 0 aromatic heterocycles. The van der Waals surface area contributed by atoms with E-state index in [-0.39, 0.29) is 17.6 Å². The number of hydrogen-bond donors (Lipinski definition) is 2. The standard InChI is InChI=1S/C14H20F2N2O2/c1-10(2)13(19)18-8-7-17-9-11-3-5-12(6-4-11)20-14(15)16/h3-6,10,14,17H,7-9H2,1-2H3,(H,18,19). The van der Waals surface area contributed by atoms with Crippen LogP contribution >= 0.6 is 0 Å². The van der Waals surface area contributed by atoms with E-state index in [0.717, 1.165) is 5.56 Å². The molecule has 0 atom stereocenters. The van der Waals surface area contributed by atoms with Gasteiger partial charge < -0.3 is 15.4 Å². The Morgan fingerprint density at radius 1 is 1.20 bits per heavy atom. The van der Waals surface area contributed by atoms with Gasteiger partial charge in [0.15, 0.2) is 0 Å². The van der Waals surface area contributed by atoms with Crippen LogP contribution in [0.15, 0.2) is 24.3 Å². The Bertz CT molecular complexity index is 408. The Kier molecular flexibility index (Phi) is 6.93. The predicted molar refractivity (Wildman–Crippen MR) is 72.6 cm³/mol. The van der Waals surface area contributed by atoms with Gasteiger partial charge in [-0.3, -0.25) is 4.79 Å². The fraction of sp³-hybridized carbons (Fsp3) is 0.500. The molecule has 0 unspecified atom stereocenters. The van der Waals surface area contributed by atoms with Gasteiger partial charge in [-0.15, -0.1) is 0 Å². The van der Waals surface area contributed by atoms with Crippen LogP contribution in [0.5, 0.6) is 5.75 Å².